The van der Waals surface area contributed by atoms with E-state index < -0.39 is 17.4 Å². The highest BCUT2D eigenvalue weighted by Crippen LogP contribution is 2.50. The summed E-state index contributed by atoms with van der Waals surface area (Å²) in [5, 5.41) is 4.46. The first-order chi connectivity index (χ1) is 16.9. The van der Waals surface area contributed by atoms with Gasteiger partial charge in [0.2, 0.25) is 0 Å². The summed E-state index contributed by atoms with van der Waals surface area (Å²) in [6.07, 6.45) is 6.26. The molecule has 1 aliphatic heterocycles. The third-order valence-corrected chi connectivity index (χ3v) is 7.71. The maximum absolute atomic E-state index is 15.1. The first-order valence-corrected chi connectivity index (χ1v) is 11.7. The third-order valence-electron chi connectivity index (χ3n) is 7.71. The van der Waals surface area contributed by atoms with Crippen LogP contribution >= 0.6 is 0 Å². The van der Waals surface area contributed by atoms with Crippen molar-refractivity contribution in [3.05, 3.63) is 71.3 Å². The van der Waals surface area contributed by atoms with Gasteiger partial charge in [-0.25, -0.2) is 18.3 Å². The number of aromatic nitrogens is 4. The summed E-state index contributed by atoms with van der Waals surface area (Å²) >= 11 is 0. The molecule has 0 unspecified atom stereocenters. The van der Waals surface area contributed by atoms with Crippen LogP contribution in [0.2, 0.25) is 0 Å². The van der Waals surface area contributed by atoms with E-state index in [2.05, 4.69) is 21.0 Å². The van der Waals surface area contributed by atoms with Crippen LogP contribution in [0.5, 0.6) is 5.75 Å². The molecule has 1 aliphatic carbocycles. The molecule has 4 aromatic rings. The molecule has 6 rings (SSSR count). The highest BCUT2D eigenvalue weighted by molar-refractivity contribution is 5.76. The minimum absolute atomic E-state index is 0.00644. The van der Waals surface area contributed by atoms with E-state index in [1.807, 2.05) is 25.3 Å². The van der Waals surface area contributed by atoms with E-state index in [0.717, 1.165) is 54.9 Å². The summed E-state index contributed by atoms with van der Waals surface area (Å²) in [6.45, 7) is 3.41. The second-order valence-electron chi connectivity index (χ2n) is 9.48. The topological polar surface area (TPSA) is 81.6 Å². The summed E-state index contributed by atoms with van der Waals surface area (Å²) in [4.78, 5) is 11.7. The molecule has 1 saturated heterocycles. The van der Waals surface area contributed by atoms with Gasteiger partial charge in [0, 0.05) is 36.6 Å². The van der Waals surface area contributed by atoms with Gasteiger partial charge in [-0.1, -0.05) is 6.07 Å². The zero-order chi connectivity index (χ0) is 24.3. The quantitative estimate of drug-likeness (QED) is 0.477. The van der Waals surface area contributed by atoms with Crippen LogP contribution in [0, 0.1) is 24.0 Å². The van der Waals surface area contributed by atoms with E-state index in [-0.39, 0.29) is 17.0 Å². The largest absolute Gasteiger partial charge is 0.491 e. The molecule has 1 fully saturated rings. The maximum atomic E-state index is 15.1. The molecule has 1 spiro atoms. The summed E-state index contributed by atoms with van der Waals surface area (Å²) in [6, 6.07) is 8.50. The van der Waals surface area contributed by atoms with Crippen molar-refractivity contribution >= 4 is 11.3 Å². The predicted octanol–water partition coefficient (Wildman–Crippen LogP) is 4.23. The van der Waals surface area contributed by atoms with Crippen molar-refractivity contribution in [3.8, 4) is 17.0 Å². The fraction of sp³-hybridized carbons (Fsp3) is 0.346. The van der Waals surface area contributed by atoms with Crippen LogP contribution in [0.4, 0.5) is 14.6 Å². The second-order valence-corrected chi connectivity index (χ2v) is 9.48. The van der Waals surface area contributed by atoms with Crippen molar-refractivity contribution in [2.75, 3.05) is 25.1 Å². The molecule has 35 heavy (non-hydrogen) atoms. The summed E-state index contributed by atoms with van der Waals surface area (Å²) in [5.41, 5.74) is 11.0. The van der Waals surface area contributed by atoms with Crippen LogP contribution in [0.1, 0.15) is 35.8 Å². The Morgan fingerprint density at radius 1 is 1.11 bits per heavy atom. The molecule has 1 aromatic carbocycles. The van der Waals surface area contributed by atoms with Crippen LogP contribution < -0.4 is 15.4 Å². The number of benzene rings is 1. The molecule has 9 heteroatoms. The van der Waals surface area contributed by atoms with Crippen molar-refractivity contribution in [1.29, 1.82) is 0 Å². The van der Waals surface area contributed by atoms with Gasteiger partial charge in [-0.15, -0.1) is 0 Å². The number of hydrogen-bond acceptors (Lipinski definition) is 6. The van der Waals surface area contributed by atoms with Gasteiger partial charge in [0.15, 0.2) is 23.2 Å². The predicted molar refractivity (Wildman–Crippen MR) is 128 cm³/mol. The van der Waals surface area contributed by atoms with Gasteiger partial charge in [-0.05, 0) is 61.4 Å². The molecular weight excluding hydrogens is 450 g/mol. The zero-order valence-corrected chi connectivity index (χ0v) is 19.6. The molecule has 180 valence electrons. The lowest BCUT2D eigenvalue weighted by Crippen LogP contribution is -2.44. The Bertz CT molecular complexity index is 1440. The zero-order valence-electron chi connectivity index (χ0n) is 19.6. The Kier molecular flexibility index (Phi) is 5.00. The van der Waals surface area contributed by atoms with Crippen LogP contribution in [-0.2, 0) is 6.42 Å². The fourth-order valence-corrected chi connectivity index (χ4v) is 5.82. The van der Waals surface area contributed by atoms with E-state index in [0.29, 0.717) is 11.4 Å². The first-order valence-electron chi connectivity index (χ1n) is 11.7. The van der Waals surface area contributed by atoms with Gasteiger partial charge in [0.25, 0.3) is 0 Å². The first kappa shape index (κ1) is 21.9. The highest BCUT2D eigenvalue weighted by Gasteiger charge is 2.46. The Morgan fingerprint density at radius 2 is 1.91 bits per heavy atom. The standard InChI is InChI=1S/C26H26F2N6O/c1-15-22(17-5-6-18(27)23(35-2)21(17)28)34-20(7-11-31-34)25(32-15)33-12-8-26(9-13-33)14-19-16(24(26)29)4-3-10-30-19/h3-7,10-11,24H,8-9,12-14,29H2,1-2H3/t24-/m1/s1. The Morgan fingerprint density at radius 3 is 2.66 bits per heavy atom. The summed E-state index contributed by atoms with van der Waals surface area (Å²) < 4.78 is 35.8. The molecule has 1 atom stereocenters. The number of piperidine rings is 1. The molecule has 7 nitrogen and oxygen atoms in total. The number of ether oxygens (including phenoxy) is 1. The number of nitrogens with zero attached hydrogens (tertiary/aromatic N) is 5. The normalized spacial score (nSPS) is 18.9. The molecular formula is C26H26F2N6O. The number of pyridine rings is 1. The van der Waals surface area contributed by atoms with Gasteiger partial charge in [0.05, 0.1) is 24.7 Å². The summed E-state index contributed by atoms with van der Waals surface area (Å²) in [7, 11) is 1.25. The van der Waals surface area contributed by atoms with E-state index in [1.165, 1.54) is 19.2 Å². The van der Waals surface area contributed by atoms with Crippen molar-refractivity contribution in [2.24, 2.45) is 11.1 Å². The lowest BCUT2D eigenvalue weighted by Gasteiger charge is -2.42. The highest BCUT2D eigenvalue weighted by atomic mass is 19.1. The van der Waals surface area contributed by atoms with Crippen LogP contribution in [0.15, 0.2) is 42.7 Å². The maximum Gasteiger partial charge on any atom is 0.191 e. The fourth-order valence-electron chi connectivity index (χ4n) is 5.82. The average molecular weight is 477 g/mol. The number of aryl methyl sites for hydroxylation is 1. The number of hydrogen-bond donors (Lipinski definition) is 1. The van der Waals surface area contributed by atoms with E-state index in [4.69, 9.17) is 15.5 Å². The van der Waals surface area contributed by atoms with E-state index >= 15 is 4.39 Å². The van der Waals surface area contributed by atoms with Crippen molar-refractivity contribution in [3.63, 3.8) is 0 Å². The van der Waals surface area contributed by atoms with E-state index in [9.17, 15) is 4.39 Å². The Labute approximate surface area is 201 Å². The molecule has 0 saturated carbocycles. The number of anilines is 1. The van der Waals surface area contributed by atoms with Crippen LogP contribution in [-0.4, -0.2) is 39.8 Å². The molecule has 4 heterocycles. The van der Waals surface area contributed by atoms with Gasteiger partial charge < -0.3 is 15.4 Å². The molecule has 3 aromatic heterocycles. The molecule has 0 amide bonds. The van der Waals surface area contributed by atoms with Gasteiger partial charge in [0.1, 0.15) is 5.52 Å². The lowest BCUT2D eigenvalue weighted by molar-refractivity contribution is 0.187. The smallest absolute Gasteiger partial charge is 0.191 e. The molecule has 2 N–H and O–H groups in total. The van der Waals surface area contributed by atoms with Crippen molar-refractivity contribution < 1.29 is 13.5 Å². The minimum atomic E-state index is -0.773. The molecule has 0 bridgehead atoms. The van der Waals surface area contributed by atoms with Crippen molar-refractivity contribution in [1.82, 2.24) is 19.6 Å². The monoisotopic (exact) mass is 476 g/mol. The lowest BCUT2D eigenvalue weighted by atomic mass is 9.73. The number of nitrogens with two attached hydrogens (primary N) is 1. The number of fused-ring (bicyclic) bond motifs is 2. The third kappa shape index (κ3) is 3.21. The number of rotatable bonds is 3. The SMILES string of the molecule is COc1c(F)ccc(-c2c(C)nc(N3CCC4(CC3)Cc3ncccc3[C@H]4N)c3ccnn23)c1F. The van der Waals surface area contributed by atoms with Gasteiger partial charge in [-0.3, -0.25) is 4.98 Å². The van der Waals surface area contributed by atoms with Crippen molar-refractivity contribution in [2.45, 2.75) is 32.2 Å². The second kappa shape index (κ2) is 7.98. The number of halogens is 2. The van der Waals surface area contributed by atoms with Gasteiger partial charge >= 0.3 is 0 Å². The van der Waals surface area contributed by atoms with E-state index in [1.54, 1.807) is 10.7 Å². The van der Waals surface area contributed by atoms with Crippen LogP contribution in [0.3, 0.4) is 0 Å². The number of methoxy groups -OCH3 is 1. The van der Waals surface area contributed by atoms with Gasteiger partial charge in [-0.2, -0.15) is 5.10 Å². The molecule has 2 aliphatic rings. The van der Waals surface area contributed by atoms with Crippen LogP contribution in [0.25, 0.3) is 16.8 Å². The molecule has 0 radical (unpaired) electrons. The summed E-state index contributed by atoms with van der Waals surface area (Å²) in [5.74, 6) is -1.14. The Hall–Kier alpha value is -3.59. The average Bonchev–Trinajstić information content (AvgIpc) is 3.44. The Balaban J connectivity index is 1.35. The minimum Gasteiger partial charge on any atom is -0.491 e.